The zero-order valence-electron chi connectivity index (χ0n) is 14.0. The molecule has 0 saturated heterocycles. The number of ether oxygens (including phenoxy) is 4. The van der Waals surface area contributed by atoms with Crippen LogP contribution in [0.2, 0.25) is 0 Å². The molecule has 24 heavy (non-hydrogen) atoms. The molecule has 0 bridgehead atoms. The molecule has 5 nitrogen and oxygen atoms in total. The molecule has 2 aromatic rings. The van der Waals surface area contributed by atoms with Crippen LogP contribution in [-0.4, -0.2) is 34.2 Å². The highest BCUT2D eigenvalue weighted by atomic mass is 127. The number of carbonyl (C=O) groups excluding carboxylic acids is 1. The lowest BCUT2D eigenvalue weighted by molar-refractivity contribution is 0.0992. The van der Waals surface area contributed by atoms with E-state index in [1.54, 1.807) is 46.6 Å². The number of rotatable bonds is 7. The van der Waals surface area contributed by atoms with Crippen LogP contribution in [-0.2, 0) is 6.42 Å². The maximum absolute atomic E-state index is 12.6. The van der Waals surface area contributed by atoms with Gasteiger partial charge in [-0.2, -0.15) is 0 Å². The van der Waals surface area contributed by atoms with Gasteiger partial charge in [-0.1, -0.05) is 0 Å². The minimum Gasteiger partial charge on any atom is -0.493 e. The van der Waals surface area contributed by atoms with E-state index in [2.05, 4.69) is 22.6 Å². The van der Waals surface area contributed by atoms with Crippen molar-refractivity contribution in [1.82, 2.24) is 0 Å². The molecular formula is C18H19IO5. The summed E-state index contributed by atoms with van der Waals surface area (Å²) in [5, 5.41) is 0. The van der Waals surface area contributed by atoms with Gasteiger partial charge in [0, 0.05) is 15.6 Å². The van der Waals surface area contributed by atoms with Gasteiger partial charge in [0.05, 0.1) is 28.4 Å². The first-order valence-electron chi connectivity index (χ1n) is 7.19. The van der Waals surface area contributed by atoms with Gasteiger partial charge in [0.15, 0.2) is 28.8 Å². The van der Waals surface area contributed by atoms with Gasteiger partial charge in [0.1, 0.15) is 0 Å². The molecule has 2 aromatic carbocycles. The Bertz CT molecular complexity index is 742. The molecule has 0 N–H and O–H groups in total. The lowest BCUT2D eigenvalue weighted by Gasteiger charge is -2.12. The normalized spacial score (nSPS) is 10.2. The van der Waals surface area contributed by atoms with Gasteiger partial charge in [0.25, 0.3) is 0 Å². The zero-order chi connectivity index (χ0) is 17.7. The van der Waals surface area contributed by atoms with E-state index in [-0.39, 0.29) is 12.2 Å². The van der Waals surface area contributed by atoms with E-state index in [0.29, 0.717) is 28.6 Å². The summed E-state index contributed by atoms with van der Waals surface area (Å²) in [6.07, 6.45) is 0.258. The molecule has 0 radical (unpaired) electrons. The van der Waals surface area contributed by atoms with Crippen molar-refractivity contribution in [3.63, 3.8) is 0 Å². The summed E-state index contributed by atoms with van der Waals surface area (Å²) in [4.78, 5) is 12.6. The Morgan fingerprint density at radius 3 is 1.96 bits per heavy atom. The second kappa shape index (κ2) is 8.23. The van der Waals surface area contributed by atoms with Crippen molar-refractivity contribution in [2.45, 2.75) is 6.42 Å². The lowest BCUT2D eigenvalue weighted by Crippen LogP contribution is -2.06. The zero-order valence-corrected chi connectivity index (χ0v) is 16.2. The Kier molecular flexibility index (Phi) is 6.30. The average Bonchev–Trinajstić information content (AvgIpc) is 2.62. The third kappa shape index (κ3) is 3.92. The van der Waals surface area contributed by atoms with Crippen LogP contribution in [0.4, 0.5) is 0 Å². The van der Waals surface area contributed by atoms with Gasteiger partial charge in [-0.05, 0) is 58.5 Å². The molecule has 0 aliphatic carbocycles. The highest BCUT2D eigenvalue weighted by molar-refractivity contribution is 14.1. The molecule has 0 fully saturated rings. The van der Waals surface area contributed by atoms with E-state index in [1.165, 1.54) is 0 Å². The fourth-order valence-corrected chi connectivity index (χ4v) is 2.95. The van der Waals surface area contributed by atoms with Crippen LogP contribution in [0, 0.1) is 3.57 Å². The monoisotopic (exact) mass is 442 g/mol. The second-order valence-corrected chi connectivity index (χ2v) is 6.13. The number of hydrogen-bond donors (Lipinski definition) is 0. The average molecular weight is 442 g/mol. The van der Waals surface area contributed by atoms with Crippen LogP contribution in [0.15, 0.2) is 30.3 Å². The summed E-state index contributed by atoms with van der Waals surface area (Å²) in [6, 6.07) is 8.84. The van der Waals surface area contributed by atoms with Crippen LogP contribution in [0.1, 0.15) is 15.9 Å². The lowest BCUT2D eigenvalue weighted by atomic mass is 10.0. The van der Waals surface area contributed by atoms with Crippen molar-refractivity contribution in [1.29, 1.82) is 0 Å². The Morgan fingerprint density at radius 2 is 1.38 bits per heavy atom. The maximum atomic E-state index is 12.6. The van der Waals surface area contributed by atoms with Crippen molar-refractivity contribution in [3.05, 3.63) is 45.0 Å². The summed E-state index contributed by atoms with van der Waals surface area (Å²) in [6.45, 7) is 0. The van der Waals surface area contributed by atoms with E-state index < -0.39 is 0 Å². The first kappa shape index (κ1) is 18.4. The van der Waals surface area contributed by atoms with Crippen molar-refractivity contribution in [2.75, 3.05) is 28.4 Å². The van der Waals surface area contributed by atoms with E-state index in [9.17, 15) is 4.79 Å². The summed E-state index contributed by atoms with van der Waals surface area (Å²) in [5.74, 6) is 2.36. The van der Waals surface area contributed by atoms with Gasteiger partial charge < -0.3 is 18.9 Å². The van der Waals surface area contributed by atoms with Gasteiger partial charge >= 0.3 is 0 Å². The smallest absolute Gasteiger partial charge is 0.167 e. The number of ketones is 1. The molecule has 0 atom stereocenters. The summed E-state index contributed by atoms with van der Waals surface area (Å²) >= 11 is 2.19. The van der Waals surface area contributed by atoms with Crippen molar-refractivity contribution in [3.8, 4) is 23.0 Å². The molecule has 0 aromatic heterocycles. The fourth-order valence-electron chi connectivity index (χ4n) is 2.32. The molecule has 0 aliphatic heterocycles. The largest absolute Gasteiger partial charge is 0.493 e. The van der Waals surface area contributed by atoms with Crippen molar-refractivity contribution < 1.29 is 23.7 Å². The maximum Gasteiger partial charge on any atom is 0.167 e. The number of halogens is 1. The highest BCUT2D eigenvalue weighted by Gasteiger charge is 2.15. The molecule has 0 unspecified atom stereocenters. The minimum atomic E-state index is -0.0129. The van der Waals surface area contributed by atoms with Crippen LogP contribution >= 0.6 is 22.6 Å². The number of methoxy groups -OCH3 is 4. The Hall–Kier alpha value is -1.96. The highest BCUT2D eigenvalue weighted by Crippen LogP contribution is 2.32. The first-order valence-corrected chi connectivity index (χ1v) is 8.27. The first-order chi connectivity index (χ1) is 11.5. The van der Waals surface area contributed by atoms with Crippen molar-refractivity contribution >= 4 is 28.4 Å². The quantitative estimate of drug-likeness (QED) is 0.483. The SMILES string of the molecule is COc1ccc(C(=O)Cc2cc(OC)c(OC)cc2I)cc1OC. The molecule has 0 heterocycles. The predicted molar refractivity (Wildman–Crippen MR) is 99.8 cm³/mol. The van der Waals surface area contributed by atoms with Gasteiger partial charge in [-0.25, -0.2) is 0 Å². The Morgan fingerprint density at radius 1 is 0.833 bits per heavy atom. The minimum absolute atomic E-state index is 0.0129. The van der Waals surface area contributed by atoms with Crippen LogP contribution < -0.4 is 18.9 Å². The molecule has 0 amide bonds. The van der Waals surface area contributed by atoms with Gasteiger partial charge in [-0.3, -0.25) is 4.79 Å². The standard InChI is InChI=1S/C18H19IO5/c1-21-15-6-5-11(8-16(15)22-2)14(20)7-12-9-17(23-3)18(24-4)10-13(12)19/h5-6,8-10H,7H2,1-4H3. The topological polar surface area (TPSA) is 54.0 Å². The van der Waals surface area contributed by atoms with Gasteiger partial charge in [0.2, 0.25) is 0 Å². The molecule has 0 saturated carbocycles. The molecule has 0 aliphatic rings. The number of Topliss-reactive ketones (excluding diaryl/α,β-unsaturated/α-hetero) is 1. The third-order valence-corrected chi connectivity index (χ3v) is 4.61. The molecule has 128 valence electrons. The van der Waals surface area contributed by atoms with E-state index in [4.69, 9.17) is 18.9 Å². The van der Waals surface area contributed by atoms with Crippen LogP contribution in [0.25, 0.3) is 0 Å². The van der Waals surface area contributed by atoms with Crippen LogP contribution in [0.5, 0.6) is 23.0 Å². The molecule has 2 rings (SSSR count). The molecule has 6 heteroatoms. The fraction of sp³-hybridized carbons (Fsp3) is 0.278. The Labute approximate surface area is 155 Å². The van der Waals surface area contributed by atoms with E-state index in [1.807, 2.05) is 12.1 Å². The summed E-state index contributed by atoms with van der Waals surface area (Å²) < 4.78 is 22.0. The molecule has 0 spiro atoms. The Balaban J connectivity index is 2.30. The number of carbonyl (C=O) groups is 1. The second-order valence-electron chi connectivity index (χ2n) is 4.97. The van der Waals surface area contributed by atoms with E-state index >= 15 is 0 Å². The number of benzene rings is 2. The van der Waals surface area contributed by atoms with Crippen LogP contribution in [0.3, 0.4) is 0 Å². The third-order valence-electron chi connectivity index (χ3n) is 3.61. The molecular weight excluding hydrogens is 423 g/mol. The van der Waals surface area contributed by atoms with E-state index in [0.717, 1.165) is 9.13 Å². The predicted octanol–water partition coefficient (Wildman–Crippen LogP) is 3.75. The van der Waals surface area contributed by atoms with Crippen molar-refractivity contribution in [2.24, 2.45) is 0 Å². The summed E-state index contributed by atoms with van der Waals surface area (Å²) in [7, 11) is 6.27. The summed E-state index contributed by atoms with van der Waals surface area (Å²) in [5.41, 5.74) is 1.45. The number of hydrogen-bond acceptors (Lipinski definition) is 5. The van der Waals surface area contributed by atoms with Gasteiger partial charge in [-0.15, -0.1) is 0 Å².